The van der Waals surface area contributed by atoms with E-state index in [0.717, 1.165) is 24.2 Å². The number of nitrogens with zero attached hydrogens (tertiary/aromatic N) is 3. The molecule has 1 aliphatic rings. The number of carbonyl (C=O) groups excluding carboxylic acids is 1. The highest BCUT2D eigenvalue weighted by Gasteiger charge is 2.31. The molecule has 0 saturated carbocycles. The van der Waals surface area contributed by atoms with Crippen LogP contribution in [0.3, 0.4) is 0 Å². The maximum Gasteiger partial charge on any atom is 0.228 e. The molecule has 1 amide bonds. The van der Waals surface area contributed by atoms with Crippen molar-refractivity contribution in [3.63, 3.8) is 0 Å². The van der Waals surface area contributed by atoms with Gasteiger partial charge in [-0.1, -0.05) is 15.9 Å². The molecule has 4 nitrogen and oxygen atoms in total. The van der Waals surface area contributed by atoms with Gasteiger partial charge in [0.05, 0.1) is 12.7 Å². The van der Waals surface area contributed by atoms with E-state index >= 15 is 0 Å². The number of carbonyl (C=O) groups is 1. The molecule has 0 N–H and O–H groups in total. The van der Waals surface area contributed by atoms with Crippen LogP contribution in [0.25, 0.3) is 0 Å². The number of rotatable bonds is 4. The van der Waals surface area contributed by atoms with E-state index in [1.807, 2.05) is 15.6 Å². The Bertz CT molecular complexity index is 621. The van der Waals surface area contributed by atoms with Gasteiger partial charge in [0.25, 0.3) is 0 Å². The topological polar surface area (TPSA) is 38.1 Å². The molecule has 2 aromatic heterocycles. The number of thiophene rings is 1. The number of anilines is 1. The summed E-state index contributed by atoms with van der Waals surface area (Å²) in [6.45, 7) is 3.60. The number of hydrogen-bond donors (Lipinski definition) is 0. The number of hydrogen-bond acceptors (Lipinski definition) is 3. The minimum atomic E-state index is 0.193. The summed E-state index contributed by atoms with van der Waals surface area (Å²) in [5.74, 6) is 1.50. The first-order valence-corrected chi connectivity index (χ1v) is 8.54. The van der Waals surface area contributed by atoms with Crippen molar-refractivity contribution in [3.05, 3.63) is 34.2 Å². The molecule has 1 fully saturated rings. The Balaban J connectivity index is 1.81. The van der Waals surface area contributed by atoms with E-state index in [2.05, 4.69) is 40.1 Å². The molecule has 0 spiro atoms. The molecule has 106 valence electrons. The molecule has 3 heterocycles. The molecule has 20 heavy (non-hydrogen) atoms. The highest BCUT2D eigenvalue weighted by atomic mass is 79.9. The molecule has 2 aromatic rings. The zero-order chi connectivity index (χ0) is 14.1. The number of halogens is 1. The third kappa shape index (κ3) is 2.67. The monoisotopic (exact) mass is 353 g/mol. The summed E-state index contributed by atoms with van der Waals surface area (Å²) < 4.78 is 1.92. The van der Waals surface area contributed by atoms with Crippen LogP contribution in [0.4, 0.5) is 5.82 Å². The first-order valence-electron chi connectivity index (χ1n) is 6.61. The first-order chi connectivity index (χ1) is 9.67. The Morgan fingerprint density at radius 3 is 2.95 bits per heavy atom. The van der Waals surface area contributed by atoms with Gasteiger partial charge < -0.3 is 0 Å². The van der Waals surface area contributed by atoms with E-state index in [1.165, 1.54) is 9.75 Å². The standard InChI is InChI=1S/C14H16BrN3OS/c1-10-2-3-12(20-10)9-18-13(4-5-16-18)17-8-11(7-15)6-14(17)19/h2-5,11H,6-9H2,1H3. The van der Waals surface area contributed by atoms with Crippen molar-refractivity contribution < 1.29 is 4.79 Å². The lowest BCUT2D eigenvalue weighted by molar-refractivity contribution is -0.117. The lowest BCUT2D eigenvalue weighted by Crippen LogP contribution is -2.27. The molecular formula is C14H16BrN3OS. The summed E-state index contributed by atoms with van der Waals surface area (Å²) in [6, 6.07) is 6.17. The molecule has 0 aromatic carbocycles. The highest BCUT2D eigenvalue weighted by Crippen LogP contribution is 2.27. The summed E-state index contributed by atoms with van der Waals surface area (Å²) in [5.41, 5.74) is 0. The van der Waals surface area contributed by atoms with Crippen molar-refractivity contribution >= 4 is 39.0 Å². The van der Waals surface area contributed by atoms with Crippen molar-refractivity contribution in [2.45, 2.75) is 19.9 Å². The van der Waals surface area contributed by atoms with Crippen molar-refractivity contribution in [1.82, 2.24) is 9.78 Å². The minimum Gasteiger partial charge on any atom is -0.297 e. The van der Waals surface area contributed by atoms with Crippen LogP contribution in [0.5, 0.6) is 0 Å². The molecule has 0 radical (unpaired) electrons. The fraction of sp³-hybridized carbons (Fsp3) is 0.429. The largest absolute Gasteiger partial charge is 0.297 e. The molecule has 6 heteroatoms. The maximum atomic E-state index is 12.1. The summed E-state index contributed by atoms with van der Waals surface area (Å²) in [5, 5.41) is 5.24. The Kier molecular flexibility index (Phi) is 3.94. The van der Waals surface area contributed by atoms with Gasteiger partial charge in [-0.2, -0.15) is 5.10 Å². The second-order valence-electron chi connectivity index (χ2n) is 5.09. The molecule has 0 aliphatic carbocycles. The van der Waals surface area contributed by atoms with Gasteiger partial charge in [-0.05, 0) is 25.0 Å². The van der Waals surface area contributed by atoms with Crippen molar-refractivity contribution in [2.24, 2.45) is 5.92 Å². The van der Waals surface area contributed by atoms with E-state index in [1.54, 1.807) is 17.5 Å². The lowest BCUT2D eigenvalue weighted by atomic mass is 10.2. The van der Waals surface area contributed by atoms with Crippen molar-refractivity contribution in [3.8, 4) is 0 Å². The average molecular weight is 354 g/mol. The number of aryl methyl sites for hydroxylation is 1. The van der Waals surface area contributed by atoms with Gasteiger partial charge >= 0.3 is 0 Å². The summed E-state index contributed by atoms with van der Waals surface area (Å²) in [4.78, 5) is 16.5. The van der Waals surface area contributed by atoms with Gasteiger partial charge in [0, 0.05) is 34.1 Å². The quantitative estimate of drug-likeness (QED) is 0.792. The molecule has 1 saturated heterocycles. The van der Waals surface area contributed by atoms with Gasteiger partial charge in [-0.15, -0.1) is 11.3 Å². The molecule has 0 bridgehead atoms. The van der Waals surface area contributed by atoms with E-state index in [0.29, 0.717) is 12.3 Å². The van der Waals surface area contributed by atoms with Crippen LogP contribution in [0.15, 0.2) is 24.4 Å². The Morgan fingerprint density at radius 2 is 2.30 bits per heavy atom. The van der Waals surface area contributed by atoms with Gasteiger partial charge in [-0.3, -0.25) is 9.69 Å². The SMILES string of the molecule is Cc1ccc(Cn2nccc2N2CC(CBr)CC2=O)s1. The summed E-state index contributed by atoms with van der Waals surface area (Å²) >= 11 is 5.24. The van der Waals surface area contributed by atoms with E-state index in [9.17, 15) is 4.79 Å². The maximum absolute atomic E-state index is 12.1. The fourth-order valence-corrected chi connectivity index (χ4v) is 3.81. The second kappa shape index (κ2) is 5.69. The molecule has 1 unspecified atom stereocenters. The third-order valence-electron chi connectivity index (χ3n) is 3.50. The van der Waals surface area contributed by atoms with Crippen LogP contribution < -0.4 is 4.90 Å². The molecule has 3 rings (SSSR count). The molecular weight excluding hydrogens is 338 g/mol. The zero-order valence-corrected chi connectivity index (χ0v) is 13.7. The Labute approximate surface area is 130 Å². The Morgan fingerprint density at radius 1 is 1.45 bits per heavy atom. The summed E-state index contributed by atoms with van der Waals surface area (Å²) in [6.07, 6.45) is 2.39. The van der Waals surface area contributed by atoms with Gasteiger partial charge in [0.15, 0.2) is 0 Å². The zero-order valence-electron chi connectivity index (χ0n) is 11.3. The van der Waals surface area contributed by atoms with Crippen LogP contribution in [0.1, 0.15) is 16.2 Å². The second-order valence-corrected chi connectivity index (χ2v) is 7.11. The Hall–Kier alpha value is -1.14. The third-order valence-corrected chi connectivity index (χ3v) is 5.40. The van der Waals surface area contributed by atoms with Crippen LogP contribution in [0, 0.1) is 12.8 Å². The van der Waals surface area contributed by atoms with E-state index in [-0.39, 0.29) is 5.91 Å². The average Bonchev–Trinajstić information content (AvgIpc) is 3.11. The van der Waals surface area contributed by atoms with Crippen LogP contribution >= 0.6 is 27.3 Å². The van der Waals surface area contributed by atoms with Crippen LogP contribution in [-0.4, -0.2) is 27.6 Å². The fourth-order valence-electron chi connectivity index (χ4n) is 2.50. The number of amides is 1. The number of aromatic nitrogens is 2. The molecule has 1 atom stereocenters. The highest BCUT2D eigenvalue weighted by molar-refractivity contribution is 9.09. The minimum absolute atomic E-state index is 0.193. The molecule has 1 aliphatic heterocycles. The first kappa shape index (κ1) is 13.8. The summed E-state index contributed by atoms with van der Waals surface area (Å²) in [7, 11) is 0. The van der Waals surface area contributed by atoms with Crippen molar-refractivity contribution in [2.75, 3.05) is 16.8 Å². The lowest BCUT2D eigenvalue weighted by Gasteiger charge is -2.17. The predicted octanol–water partition coefficient (Wildman–Crippen LogP) is 3.05. The smallest absolute Gasteiger partial charge is 0.228 e. The predicted molar refractivity (Wildman–Crippen MR) is 84.6 cm³/mol. The van der Waals surface area contributed by atoms with Crippen LogP contribution in [-0.2, 0) is 11.3 Å². The number of alkyl halides is 1. The van der Waals surface area contributed by atoms with Crippen molar-refractivity contribution in [1.29, 1.82) is 0 Å². The van der Waals surface area contributed by atoms with Gasteiger partial charge in [0.2, 0.25) is 5.91 Å². The van der Waals surface area contributed by atoms with Gasteiger partial charge in [0.1, 0.15) is 5.82 Å². The van der Waals surface area contributed by atoms with Gasteiger partial charge in [-0.25, -0.2) is 4.68 Å². The van der Waals surface area contributed by atoms with Crippen LogP contribution in [0.2, 0.25) is 0 Å². The normalized spacial score (nSPS) is 19.0. The van der Waals surface area contributed by atoms with E-state index in [4.69, 9.17) is 0 Å². The van der Waals surface area contributed by atoms with E-state index < -0.39 is 0 Å².